The number of aliphatic hydroxyl groups is 2. The minimum Gasteiger partial charge on any atom is -0.496 e. The predicted octanol–water partition coefficient (Wildman–Crippen LogP) is 3.87. The molecule has 1 heterocycles. The van der Waals surface area contributed by atoms with Crippen LogP contribution in [0.2, 0.25) is 0 Å². The van der Waals surface area contributed by atoms with Crippen molar-refractivity contribution in [1.29, 1.82) is 0 Å². The van der Waals surface area contributed by atoms with Crippen LogP contribution < -0.4 is 15.0 Å². The van der Waals surface area contributed by atoms with Crippen LogP contribution in [-0.2, 0) is 16.2 Å². The second-order valence-electron chi connectivity index (χ2n) is 16.9. The van der Waals surface area contributed by atoms with Gasteiger partial charge in [0.2, 0.25) is 5.91 Å². The van der Waals surface area contributed by atoms with Gasteiger partial charge in [-0.25, -0.2) is 4.79 Å². The summed E-state index contributed by atoms with van der Waals surface area (Å²) in [5.74, 6) is 1.27. The van der Waals surface area contributed by atoms with Crippen LogP contribution >= 0.6 is 0 Å². The summed E-state index contributed by atoms with van der Waals surface area (Å²) < 4.78 is 6.28. The van der Waals surface area contributed by atoms with Gasteiger partial charge >= 0.3 is 5.91 Å². The first kappa shape index (κ1) is 39.2. The van der Waals surface area contributed by atoms with Crippen LogP contribution in [0.25, 0.3) is 11.1 Å². The number of hydrogen-bond acceptors (Lipinski definition) is 9. The Balaban J connectivity index is 1.47. The number of hydroxylamine groups is 2. The summed E-state index contributed by atoms with van der Waals surface area (Å²) in [5.41, 5.74) is 4.19. The number of amides is 2. The summed E-state index contributed by atoms with van der Waals surface area (Å²) >= 11 is 0. The Hall–Kier alpha value is -3.06. The maximum Gasteiger partial charge on any atom is 0.345 e. The van der Waals surface area contributed by atoms with Crippen LogP contribution in [0.1, 0.15) is 56.5 Å². The number of aliphatic hydroxyl groups excluding tert-OH is 2. The van der Waals surface area contributed by atoms with Crippen molar-refractivity contribution in [1.82, 2.24) is 15.3 Å². The zero-order chi connectivity index (χ0) is 37.6. The van der Waals surface area contributed by atoms with Crippen LogP contribution in [0.3, 0.4) is 0 Å². The number of ether oxygens (including phenoxy) is 1. The number of carbonyl (C=O) groups excluding carboxylic acids is 2. The van der Waals surface area contributed by atoms with Gasteiger partial charge in [0.25, 0.3) is 0 Å². The van der Waals surface area contributed by atoms with Gasteiger partial charge in [0.15, 0.2) is 0 Å². The molecule has 4 fully saturated rings. The number of hydrogen-bond donors (Lipinski definition) is 3. The monoisotopic (exact) mass is 708 g/mol. The maximum absolute atomic E-state index is 14.2. The van der Waals surface area contributed by atoms with Crippen molar-refractivity contribution in [2.45, 2.75) is 71.4 Å². The number of para-hydroxylation sites is 1. The lowest BCUT2D eigenvalue weighted by atomic mass is 9.45. The highest BCUT2D eigenvalue weighted by molar-refractivity contribution is 5.93. The molecule has 1 aliphatic heterocycles. The Morgan fingerprint density at radius 1 is 1.14 bits per heavy atom. The number of nitrogens with zero attached hydrogens (tertiary/aromatic N) is 4. The Morgan fingerprint density at radius 2 is 1.84 bits per heavy atom. The molecule has 2 aromatic rings. The lowest BCUT2D eigenvalue weighted by Crippen LogP contribution is -2.62. The molecule has 3 N–H and O–H groups in total. The highest BCUT2D eigenvalue weighted by Crippen LogP contribution is 2.61. The topological polar surface area (TPSA) is 115 Å². The average molecular weight is 709 g/mol. The zero-order valence-electron chi connectivity index (χ0n) is 32.6. The molecular formula is C40H62N5O6+. The molecule has 0 aromatic heterocycles. The van der Waals surface area contributed by atoms with Crippen LogP contribution in [-0.4, -0.2) is 130 Å². The molecule has 11 nitrogen and oxygen atoms in total. The van der Waals surface area contributed by atoms with E-state index in [2.05, 4.69) is 31.0 Å². The summed E-state index contributed by atoms with van der Waals surface area (Å²) in [6.07, 6.45) is 0.506. The minimum absolute atomic E-state index is 0.0172. The normalized spacial score (nSPS) is 27.9. The lowest BCUT2D eigenvalue weighted by Gasteiger charge is -2.62. The summed E-state index contributed by atoms with van der Waals surface area (Å²) in [6.45, 7) is 9.86. The fraction of sp³-hybridized carbons (Fsp3) is 0.650. The van der Waals surface area contributed by atoms with Crippen LogP contribution in [0.4, 0.5) is 5.69 Å². The Morgan fingerprint density at radius 3 is 2.41 bits per heavy atom. The van der Waals surface area contributed by atoms with Gasteiger partial charge in [-0.15, -0.1) is 0 Å². The van der Waals surface area contributed by atoms with E-state index in [1.165, 1.54) is 6.42 Å². The van der Waals surface area contributed by atoms with E-state index >= 15 is 0 Å². The first-order valence-electron chi connectivity index (χ1n) is 18.4. The smallest absolute Gasteiger partial charge is 0.345 e. The van der Waals surface area contributed by atoms with Crippen molar-refractivity contribution < 1.29 is 33.9 Å². The molecule has 282 valence electrons. The van der Waals surface area contributed by atoms with E-state index < -0.39 is 24.2 Å². The van der Waals surface area contributed by atoms with Gasteiger partial charge in [0.1, 0.15) is 17.9 Å². The van der Waals surface area contributed by atoms with E-state index in [-0.39, 0.29) is 40.9 Å². The molecule has 4 aliphatic rings. The molecule has 0 unspecified atom stereocenters. The fourth-order valence-corrected chi connectivity index (χ4v) is 8.88. The van der Waals surface area contributed by atoms with E-state index in [9.17, 15) is 19.8 Å². The summed E-state index contributed by atoms with van der Waals surface area (Å²) in [7, 11) is 13.4. The van der Waals surface area contributed by atoms with Gasteiger partial charge in [-0.3, -0.25) is 14.1 Å². The third-order valence-corrected chi connectivity index (χ3v) is 12.3. The molecule has 2 aromatic carbocycles. The standard InChI is InChI=1S/C40H61N5O6/c1-24-32-20-29(40(32,3)4)21-33(24)41-38(48)36-35(25(2)47)34(23-46)51-44(36)22-26-13-12-14-31(37(26)50-11)27-17-28(19-30(18-27)43(7)8)39(49)45(9,10)16-15-42(5)6/h12-14,17-19,24-25,29,32-36,46-47H,15-16,20-23H2,1-11H3/p+1/t24-,25-,29+,32-,33-,34-,35+,36-/m0/s1. The second kappa shape index (κ2) is 15.1. The summed E-state index contributed by atoms with van der Waals surface area (Å²) in [4.78, 5) is 38.5. The molecule has 3 aliphatic carbocycles. The van der Waals surface area contributed by atoms with Gasteiger partial charge in [-0.1, -0.05) is 39.0 Å². The van der Waals surface area contributed by atoms with Crippen molar-refractivity contribution in [2.75, 3.05) is 74.0 Å². The molecule has 11 heteroatoms. The van der Waals surface area contributed by atoms with Crippen molar-refractivity contribution in [3.63, 3.8) is 0 Å². The van der Waals surface area contributed by atoms with Gasteiger partial charge in [-0.2, -0.15) is 5.06 Å². The zero-order valence-corrected chi connectivity index (χ0v) is 32.6. The maximum atomic E-state index is 14.2. The van der Waals surface area contributed by atoms with Gasteiger partial charge in [0.05, 0.1) is 52.6 Å². The SMILES string of the molecule is COc1c(CN2O[C@@H](CO)[C@@H]([C@H](C)O)[C@H]2C(=O)N[C@H]2C[C@H]3C[C@@H]([C@@H]2C)C3(C)C)cccc1-c1cc(C(=O)[N+](C)(C)CCN(C)C)cc(N(C)C)c1. The molecule has 0 radical (unpaired) electrons. The summed E-state index contributed by atoms with van der Waals surface area (Å²) in [5, 5.41) is 26.2. The number of likely N-dealkylation sites (N-methyl/N-ethyl adjacent to an activating group) is 2. The molecule has 2 bridgehead atoms. The minimum atomic E-state index is -0.891. The number of carbonyl (C=O) groups is 2. The van der Waals surface area contributed by atoms with E-state index in [0.717, 1.165) is 35.3 Å². The Bertz CT molecular complexity index is 1570. The van der Waals surface area contributed by atoms with Crippen molar-refractivity contribution in [3.05, 3.63) is 47.5 Å². The fourth-order valence-electron chi connectivity index (χ4n) is 8.88. The third-order valence-electron chi connectivity index (χ3n) is 12.3. The van der Waals surface area contributed by atoms with E-state index in [4.69, 9.17) is 9.57 Å². The molecule has 6 rings (SSSR count). The van der Waals surface area contributed by atoms with Crippen LogP contribution in [0.5, 0.6) is 5.75 Å². The molecule has 0 spiro atoms. The van der Waals surface area contributed by atoms with E-state index in [0.29, 0.717) is 35.6 Å². The first-order chi connectivity index (χ1) is 23.9. The van der Waals surface area contributed by atoms with Crippen molar-refractivity contribution in [3.8, 4) is 16.9 Å². The number of fused-ring (bicyclic) bond motifs is 2. The predicted molar refractivity (Wildman–Crippen MR) is 200 cm³/mol. The molecule has 2 amide bonds. The van der Waals surface area contributed by atoms with Gasteiger partial charge in [-0.05, 0) is 80.8 Å². The molecule has 3 saturated carbocycles. The largest absolute Gasteiger partial charge is 0.496 e. The quantitative estimate of drug-likeness (QED) is 0.267. The molecule has 8 atom stereocenters. The number of benzene rings is 2. The highest BCUT2D eigenvalue weighted by Gasteiger charge is 2.57. The number of rotatable bonds is 13. The number of quaternary nitrogens is 1. The second-order valence-corrected chi connectivity index (χ2v) is 16.9. The highest BCUT2D eigenvalue weighted by atomic mass is 16.7. The van der Waals surface area contributed by atoms with E-state index in [1.807, 2.05) is 83.6 Å². The van der Waals surface area contributed by atoms with Crippen LogP contribution in [0, 0.1) is 29.1 Å². The average Bonchev–Trinajstić information content (AvgIpc) is 3.45. The number of nitrogens with one attached hydrogen (secondary N) is 1. The Labute approximate surface area is 305 Å². The van der Waals surface area contributed by atoms with Crippen molar-refractivity contribution >= 4 is 17.5 Å². The Kier molecular flexibility index (Phi) is 11.6. The molecular weight excluding hydrogens is 646 g/mol. The van der Waals surface area contributed by atoms with E-state index in [1.54, 1.807) is 19.1 Å². The number of anilines is 1. The number of methoxy groups -OCH3 is 1. The first-order valence-corrected chi connectivity index (χ1v) is 18.4. The van der Waals surface area contributed by atoms with Crippen LogP contribution in [0.15, 0.2) is 36.4 Å². The van der Waals surface area contributed by atoms with Gasteiger partial charge in [0, 0.05) is 49.4 Å². The third kappa shape index (κ3) is 7.70. The molecule has 51 heavy (non-hydrogen) atoms. The van der Waals surface area contributed by atoms with Crippen molar-refractivity contribution in [2.24, 2.45) is 29.1 Å². The van der Waals surface area contributed by atoms with Gasteiger partial charge < -0.3 is 30.1 Å². The summed E-state index contributed by atoms with van der Waals surface area (Å²) in [6, 6.07) is 11.0. The molecule has 1 saturated heterocycles. The lowest BCUT2D eigenvalue weighted by molar-refractivity contribution is -0.807.